The molecule has 3 aromatic carbocycles. The first-order chi connectivity index (χ1) is 17.0. The van der Waals surface area contributed by atoms with E-state index in [-0.39, 0.29) is 12.5 Å². The van der Waals surface area contributed by atoms with Crippen LogP contribution in [0.5, 0.6) is 5.75 Å². The third-order valence-corrected chi connectivity index (χ3v) is 6.97. The zero-order valence-electron chi connectivity index (χ0n) is 20.2. The molecule has 1 aliphatic rings. The van der Waals surface area contributed by atoms with E-state index in [2.05, 4.69) is 30.0 Å². The summed E-state index contributed by atoms with van der Waals surface area (Å²) < 4.78 is 11.9. The fourth-order valence-corrected chi connectivity index (χ4v) is 5.14. The number of likely N-dealkylation sites (tertiary alicyclic amines) is 1. The molecule has 0 spiro atoms. The molecule has 1 atom stereocenters. The molecule has 1 saturated heterocycles. The maximum Gasteiger partial charge on any atom is 0.304 e. The van der Waals surface area contributed by atoms with Gasteiger partial charge in [-0.15, -0.1) is 0 Å². The summed E-state index contributed by atoms with van der Waals surface area (Å²) in [5, 5.41) is 9.34. The van der Waals surface area contributed by atoms with Crippen LogP contribution in [0.25, 0.3) is 33.7 Å². The van der Waals surface area contributed by atoms with Crippen LogP contribution in [0.1, 0.15) is 36.8 Å². The first-order valence-electron chi connectivity index (χ1n) is 12.1. The van der Waals surface area contributed by atoms with Gasteiger partial charge >= 0.3 is 5.97 Å². The Labute approximate surface area is 205 Å². The van der Waals surface area contributed by atoms with Gasteiger partial charge in [-0.1, -0.05) is 48.9 Å². The SMILES string of the molecule is COc1cc2oc(-c3cccc(-c4ccccc4)c3C)nc2cc1CN1CCCCC1CC(=O)O. The number of carboxylic acid groups (broad SMARTS) is 1. The minimum atomic E-state index is -0.751. The number of methoxy groups -OCH3 is 1. The van der Waals surface area contributed by atoms with E-state index < -0.39 is 5.97 Å². The molecule has 6 nitrogen and oxygen atoms in total. The summed E-state index contributed by atoms with van der Waals surface area (Å²) in [6.07, 6.45) is 3.21. The maximum absolute atomic E-state index is 11.4. The van der Waals surface area contributed by atoms with Gasteiger partial charge in [0, 0.05) is 29.8 Å². The average molecular weight is 471 g/mol. The number of carbonyl (C=O) groups is 1. The molecule has 0 amide bonds. The van der Waals surface area contributed by atoms with Crippen molar-refractivity contribution in [1.29, 1.82) is 0 Å². The van der Waals surface area contributed by atoms with Gasteiger partial charge < -0.3 is 14.3 Å². The van der Waals surface area contributed by atoms with Crippen LogP contribution in [0, 0.1) is 6.92 Å². The van der Waals surface area contributed by atoms with Crippen molar-refractivity contribution < 1.29 is 19.1 Å². The van der Waals surface area contributed by atoms with E-state index in [1.807, 2.05) is 42.5 Å². The molecule has 0 radical (unpaired) electrons. The summed E-state index contributed by atoms with van der Waals surface area (Å²) in [6.45, 7) is 3.61. The van der Waals surface area contributed by atoms with Crippen molar-refractivity contribution in [2.24, 2.45) is 0 Å². The second kappa shape index (κ2) is 9.92. The topological polar surface area (TPSA) is 75.8 Å². The van der Waals surface area contributed by atoms with Gasteiger partial charge in [0.05, 0.1) is 13.5 Å². The van der Waals surface area contributed by atoms with E-state index >= 15 is 0 Å². The summed E-state index contributed by atoms with van der Waals surface area (Å²) in [5.74, 6) is 0.560. The van der Waals surface area contributed by atoms with E-state index in [1.54, 1.807) is 7.11 Å². The third-order valence-electron chi connectivity index (χ3n) is 6.97. The Balaban J connectivity index is 1.49. The van der Waals surface area contributed by atoms with Gasteiger partial charge in [-0.2, -0.15) is 0 Å². The lowest BCUT2D eigenvalue weighted by Crippen LogP contribution is -2.40. The lowest BCUT2D eigenvalue weighted by atomic mass is 9.96. The van der Waals surface area contributed by atoms with Crippen molar-refractivity contribution in [3.05, 3.63) is 71.8 Å². The molecule has 1 fully saturated rings. The normalized spacial score (nSPS) is 16.5. The predicted molar refractivity (Wildman–Crippen MR) is 136 cm³/mol. The van der Waals surface area contributed by atoms with Crippen LogP contribution < -0.4 is 4.74 Å². The Hall–Kier alpha value is -3.64. The number of fused-ring (bicyclic) bond motifs is 1. The van der Waals surface area contributed by atoms with Gasteiger partial charge in [0.2, 0.25) is 5.89 Å². The highest BCUT2D eigenvalue weighted by Gasteiger charge is 2.26. The number of benzene rings is 3. The molecule has 6 heteroatoms. The summed E-state index contributed by atoms with van der Waals surface area (Å²) in [7, 11) is 1.65. The van der Waals surface area contributed by atoms with Crippen molar-refractivity contribution in [1.82, 2.24) is 9.88 Å². The zero-order chi connectivity index (χ0) is 24.4. The zero-order valence-corrected chi connectivity index (χ0v) is 20.2. The highest BCUT2D eigenvalue weighted by molar-refractivity contribution is 5.81. The molecule has 1 N–H and O–H groups in total. The first-order valence-corrected chi connectivity index (χ1v) is 12.1. The summed E-state index contributed by atoms with van der Waals surface area (Å²) in [5.41, 5.74) is 6.82. The van der Waals surface area contributed by atoms with Gasteiger partial charge in [-0.3, -0.25) is 9.69 Å². The third kappa shape index (κ3) is 4.80. The monoisotopic (exact) mass is 470 g/mol. The molecule has 5 rings (SSSR count). The number of hydrogen-bond donors (Lipinski definition) is 1. The number of aliphatic carboxylic acids is 1. The van der Waals surface area contributed by atoms with E-state index in [4.69, 9.17) is 14.1 Å². The van der Waals surface area contributed by atoms with E-state index in [1.165, 1.54) is 0 Å². The molecule has 4 aromatic rings. The summed E-state index contributed by atoms with van der Waals surface area (Å²) in [6, 6.07) is 20.4. The molecule has 0 aliphatic carbocycles. The van der Waals surface area contributed by atoms with Crippen LogP contribution in [-0.4, -0.2) is 40.7 Å². The van der Waals surface area contributed by atoms with Gasteiger partial charge in [-0.25, -0.2) is 4.98 Å². The smallest absolute Gasteiger partial charge is 0.304 e. The molecule has 180 valence electrons. The molecule has 2 heterocycles. The quantitative estimate of drug-likeness (QED) is 0.341. The first kappa shape index (κ1) is 23.1. The Morgan fingerprint density at radius 3 is 2.69 bits per heavy atom. The highest BCUT2D eigenvalue weighted by Crippen LogP contribution is 2.35. The Morgan fingerprint density at radius 1 is 1.11 bits per heavy atom. The number of ether oxygens (including phenoxy) is 1. The number of aromatic nitrogens is 1. The van der Waals surface area contributed by atoms with E-state index in [0.29, 0.717) is 18.0 Å². The van der Waals surface area contributed by atoms with E-state index in [9.17, 15) is 9.90 Å². The number of piperidine rings is 1. The maximum atomic E-state index is 11.4. The lowest BCUT2D eigenvalue weighted by Gasteiger charge is -2.35. The fraction of sp³-hybridized carbons (Fsp3) is 0.310. The van der Waals surface area contributed by atoms with Crippen LogP contribution in [0.15, 0.2) is 65.1 Å². The van der Waals surface area contributed by atoms with Crippen molar-refractivity contribution in [3.63, 3.8) is 0 Å². The van der Waals surface area contributed by atoms with Crippen molar-refractivity contribution in [2.75, 3.05) is 13.7 Å². The molecule has 35 heavy (non-hydrogen) atoms. The van der Waals surface area contributed by atoms with Gasteiger partial charge in [0.25, 0.3) is 0 Å². The minimum Gasteiger partial charge on any atom is -0.496 e. The molecule has 0 saturated carbocycles. The molecular weight excluding hydrogens is 440 g/mol. The van der Waals surface area contributed by atoms with Crippen LogP contribution in [0.3, 0.4) is 0 Å². The molecule has 1 unspecified atom stereocenters. The predicted octanol–water partition coefficient (Wildman–Crippen LogP) is 6.31. The minimum absolute atomic E-state index is 0.0397. The molecule has 1 aliphatic heterocycles. The highest BCUT2D eigenvalue weighted by atomic mass is 16.5. The Morgan fingerprint density at radius 2 is 1.91 bits per heavy atom. The Kier molecular flexibility index (Phi) is 6.55. The van der Waals surface area contributed by atoms with Crippen LogP contribution >= 0.6 is 0 Å². The van der Waals surface area contributed by atoms with Gasteiger partial charge in [0.15, 0.2) is 5.58 Å². The van der Waals surface area contributed by atoms with Crippen molar-refractivity contribution in [3.8, 4) is 28.3 Å². The lowest BCUT2D eigenvalue weighted by molar-refractivity contribution is -0.138. The summed E-state index contributed by atoms with van der Waals surface area (Å²) >= 11 is 0. The number of oxazole rings is 1. The molecule has 1 aromatic heterocycles. The van der Waals surface area contributed by atoms with Gasteiger partial charge in [-0.05, 0) is 55.1 Å². The van der Waals surface area contributed by atoms with Crippen LogP contribution in [0.4, 0.5) is 0 Å². The number of nitrogens with zero attached hydrogens (tertiary/aromatic N) is 2. The fourth-order valence-electron chi connectivity index (χ4n) is 5.14. The summed E-state index contributed by atoms with van der Waals surface area (Å²) in [4.78, 5) is 18.5. The molecular formula is C29H30N2O4. The van der Waals surface area contributed by atoms with E-state index in [0.717, 1.165) is 64.9 Å². The molecule has 0 bridgehead atoms. The second-order valence-electron chi connectivity index (χ2n) is 9.21. The Bertz CT molecular complexity index is 1350. The second-order valence-corrected chi connectivity index (χ2v) is 9.21. The largest absolute Gasteiger partial charge is 0.496 e. The van der Waals surface area contributed by atoms with Crippen LogP contribution in [-0.2, 0) is 11.3 Å². The van der Waals surface area contributed by atoms with Crippen molar-refractivity contribution in [2.45, 2.75) is 45.2 Å². The van der Waals surface area contributed by atoms with Gasteiger partial charge in [0.1, 0.15) is 11.3 Å². The van der Waals surface area contributed by atoms with Crippen LogP contribution in [0.2, 0.25) is 0 Å². The van der Waals surface area contributed by atoms with Crippen molar-refractivity contribution >= 4 is 17.1 Å². The number of hydrogen-bond acceptors (Lipinski definition) is 5. The average Bonchev–Trinajstić information content (AvgIpc) is 3.27. The number of rotatable bonds is 7. The standard InChI is InChI=1S/C29H30N2O4/c1-19-23(20-9-4-3-5-10-20)12-8-13-24(19)29-30-25-15-21(26(34-2)17-27(25)35-29)18-31-14-7-6-11-22(31)16-28(32)33/h3-5,8-10,12-13,15,17,22H,6-7,11,14,16,18H2,1-2H3,(H,32,33). The number of carboxylic acids is 1.